The number of aliphatic carboxylic acids is 2. The van der Waals surface area contributed by atoms with Crippen LogP contribution in [-0.4, -0.2) is 68.9 Å². The molecule has 0 aliphatic carbocycles. The highest BCUT2D eigenvalue weighted by molar-refractivity contribution is 5.80. The summed E-state index contributed by atoms with van der Waals surface area (Å²) < 4.78 is 4.30. The lowest BCUT2D eigenvalue weighted by atomic mass is 10.0. The third-order valence-electron chi connectivity index (χ3n) is 5.26. The average molecular weight is 493 g/mol. The van der Waals surface area contributed by atoms with Crippen molar-refractivity contribution in [3.8, 4) is 0 Å². The zero-order valence-corrected chi connectivity index (χ0v) is 21.0. The maximum Gasteiger partial charge on any atom is 0.335 e. The molecule has 0 heterocycles. The Morgan fingerprint density at radius 1 is 0.676 bits per heavy atom. The van der Waals surface area contributed by atoms with E-state index in [4.69, 9.17) is 25.5 Å². The normalized spacial score (nSPS) is 12.4. The Morgan fingerprint density at radius 3 is 1.44 bits per heavy atom. The lowest BCUT2D eigenvalue weighted by Gasteiger charge is -2.10. The molecule has 0 amide bonds. The van der Waals surface area contributed by atoms with Gasteiger partial charge < -0.3 is 30.3 Å². The van der Waals surface area contributed by atoms with Gasteiger partial charge in [0.2, 0.25) is 0 Å². The summed E-state index contributed by atoms with van der Waals surface area (Å²) in [5, 5.41) is 42.7. The van der Waals surface area contributed by atoms with Gasteiger partial charge in [0.1, 0.15) is 12.7 Å². The van der Waals surface area contributed by atoms with Gasteiger partial charge in [0.05, 0.1) is 13.0 Å². The number of ether oxygens (including phenoxy) is 1. The summed E-state index contributed by atoms with van der Waals surface area (Å²) in [6, 6.07) is 0. The van der Waals surface area contributed by atoms with Crippen molar-refractivity contribution >= 4 is 17.9 Å². The molecule has 0 aromatic heterocycles. The molecule has 2 unspecified atom stereocenters. The summed E-state index contributed by atoms with van der Waals surface area (Å²) in [4.78, 5) is 31.2. The highest BCUT2D eigenvalue weighted by atomic mass is 16.6. The van der Waals surface area contributed by atoms with Crippen LogP contribution in [0, 0.1) is 0 Å². The first-order valence-electron chi connectivity index (χ1n) is 12.8. The van der Waals surface area contributed by atoms with Gasteiger partial charge in [-0.1, -0.05) is 96.8 Å². The van der Waals surface area contributed by atoms with Gasteiger partial charge in [0.15, 0.2) is 6.10 Å². The molecular weight excluding hydrogens is 444 g/mol. The van der Waals surface area contributed by atoms with Crippen molar-refractivity contribution < 1.29 is 44.7 Å². The third kappa shape index (κ3) is 28.3. The largest absolute Gasteiger partial charge is 0.481 e. The molecule has 0 spiro atoms. The lowest BCUT2D eigenvalue weighted by Crippen LogP contribution is -2.30. The van der Waals surface area contributed by atoms with Gasteiger partial charge >= 0.3 is 17.9 Å². The first-order chi connectivity index (χ1) is 16.2. The molecule has 5 N–H and O–H groups in total. The number of carboxylic acid groups (broad SMARTS) is 2. The fraction of sp³-hybridized carbons (Fsp3) is 0.880. The topological polar surface area (TPSA) is 162 Å². The number of rotatable bonds is 22. The average Bonchev–Trinajstić information content (AvgIpc) is 2.79. The maximum absolute atomic E-state index is 10.8. The Balaban J connectivity index is 0. The molecule has 0 aromatic carbocycles. The number of carbonyl (C=O) groups excluding carboxylic acids is 1. The highest BCUT2D eigenvalue weighted by Crippen LogP contribution is 2.13. The lowest BCUT2D eigenvalue weighted by molar-refractivity contribution is -0.161. The number of aliphatic hydroxyl groups is 3. The molecule has 0 aliphatic heterocycles. The van der Waals surface area contributed by atoms with Crippen molar-refractivity contribution in [2.75, 3.05) is 13.2 Å². The molecule has 9 heteroatoms. The summed E-state index contributed by atoms with van der Waals surface area (Å²) in [6.45, 7) is 1.21. The molecule has 0 bridgehead atoms. The van der Waals surface area contributed by atoms with Crippen LogP contribution in [0.4, 0.5) is 0 Å². The van der Waals surface area contributed by atoms with Crippen LogP contribution in [-0.2, 0) is 19.1 Å². The van der Waals surface area contributed by atoms with E-state index in [1.165, 1.54) is 83.5 Å². The summed E-state index contributed by atoms with van der Waals surface area (Å²) in [7, 11) is 0. The molecule has 0 saturated carbocycles. The van der Waals surface area contributed by atoms with Gasteiger partial charge in [-0.2, -0.15) is 0 Å². The van der Waals surface area contributed by atoms with Gasteiger partial charge in [0, 0.05) is 6.42 Å². The quantitative estimate of drug-likeness (QED) is 0.111. The monoisotopic (exact) mass is 492 g/mol. The van der Waals surface area contributed by atoms with Gasteiger partial charge in [-0.25, -0.2) is 4.79 Å². The van der Waals surface area contributed by atoms with Crippen molar-refractivity contribution in [1.82, 2.24) is 0 Å². The molecule has 2 atom stereocenters. The number of hydrogen-bond donors (Lipinski definition) is 5. The van der Waals surface area contributed by atoms with E-state index in [2.05, 4.69) is 11.7 Å². The Bertz CT molecular complexity index is 497. The minimum Gasteiger partial charge on any atom is -0.481 e. The summed E-state index contributed by atoms with van der Waals surface area (Å²) in [6.07, 6.45) is 16.5. The molecule has 0 aromatic rings. The summed E-state index contributed by atoms with van der Waals surface area (Å²) in [5.74, 6) is -3.13. The Morgan fingerprint density at radius 2 is 1.09 bits per heavy atom. The molecule has 34 heavy (non-hydrogen) atoms. The van der Waals surface area contributed by atoms with E-state index in [0.29, 0.717) is 6.42 Å². The predicted octanol–water partition coefficient (Wildman–Crippen LogP) is 4.05. The molecule has 0 fully saturated rings. The molecule has 202 valence electrons. The van der Waals surface area contributed by atoms with Crippen LogP contribution in [0.15, 0.2) is 0 Å². The number of hydrogen-bond acceptors (Lipinski definition) is 7. The molecule has 0 rings (SSSR count). The zero-order chi connectivity index (χ0) is 26.0. The van der Waals surface area contributed by atoms with E-state index in [1.807, 2.05) is 0 Å². The van der Waals surface area contributed by atoms with Crippen molar-refractivity contribution in [2.24, 2.45) is 0 Å². The molecule has 9 nitrogen and oxygen atoms in total. The van der Waals surface area contributed by atoms with Crippen LogP contribution in [0.2, 0.25) is 0 Å². The minimum atomic E-state index is -1.75. The second kappa shape index (κ2) is 25.9. The second-order valence-corrected chi connectivity index (χ2v) is 8.67. The summed E-state index contributed by atoms with van der Waals surface area (Å²) in [5.41, 5.74) is 0. The Kier molecular flexibility index (Phi) is 26.3. The van der Waals surface area contributed by atoms with E-state index in [9.17, 15) is 14.4 Å². The van der Waals surface area contributed by atoms with Crippen molar-refractivity contribution in [3.05, 3.63) is 0 Å². The van der Waals surface area contributed by atoms with Gasteiger partial charge in [-0.15, -0.1) is 0 Å². The van der Waals surface area contributed by atoms with Crippen molar-refractivity contribution in [2.45, 2.75) is 128 Å². The first kappa shape index (κ1) is 34.5. The molecule has 0 saturated heterocycles. The number of aliphatic hydroxyl groups excluding tert-OH is 3. The fourth-order valence-corrected chi connectivity index (χ4v) is 3.22. The predicted molar refractivity (Wildman–Crippen MR) is 129 cm³/mol. The Labute approximate surface area is 204 Å². The number of esters is 1. The third-order valence-corrected chi connectivity index (χ3v) is 5.26. The molecule has 0 aliphatic rings. The number of unbranched alkanes of at least 4 members (excludes halogenated alkanes) is 14. The second-order valence-electron chi connectivity index (χ2n) is 8.67. The highest BCUT2D eigenvalue weighted by Gasteiger charge is 2.20. The van der Waals surface area contributed by atoms with Crippen molar-refractivity contribution in [1.29, 1.82) is 0 Å². The SMILES string of the molecule is CCCCCCCCCCCCCCCCCC(=O)O.O=C(O)CC(O)C(=O)OCC(O)CO. The smallest absolute Gasteiger partial charge is 0.335 e. The molecular formula is C25H48O9. The van der Waals surface area contributed by atoms with Gasteiger partial charge in [-0.3, -0.25) is 9.59 Å². The van der Waals surface area contributed by atoms with Crippen LogP contribution < -0.4 is 0 Å². The van der Waals surface area contributed by atoms with E-state index < -0.39 is 49.8 Å². The zero-order valence-electron chi connectivity index (χ0n) is 21.0. The van der Waals surface area contributed by atoms with Crippen LogP contribution in [0.25, 0.3) is 0 Å². The van der Waals surface area contributed by atoms with Crippen LogP contribution in [0.3, 0.4) is 0 Å². The number of carbonyl (C=O) groups is 3. The minimum absolute atomic E-state index is 0.345. The van der Waals surface area contributed by atoms with E-state index in [1.54, 1.807) is 0 Å². The van der Waals surface area contributed by atoms with E-state index in [0.717, 1.165) is 12.8 Å². The molecule has 0 radical (unpaired) electrons. The van der Waals surface area contributed by atoms with Crippen LogP contribution >= 0.6 is 0 Å². The standard InChI is InChI=1S/C18H36O2.C7H12O7/c1-2-3-4-5-6-7-8-9-10-11-12-13-14-15-16-17-18(19)20;8-2-4(9)3-14-7(13)5(10)1-6(11)12/h2-17H2,1H3,(H,19,20);4-5,8-10H,1-3H2,(H,11,12). The van der Waals surface area contributed by atoms with E-state index >= 15 is 0 Å². The fourth-order valence-electron chi connectivity index (χ4n) is 3.22. The first-order valence-corrected chi connectivity index (χ1v) is 12.8. The van der Waals surface area contributed by atoms with Gasteiger partial charge in [-0.05, 0) is 6.42 Å². The van der Waals surface area contributed by atoms with E-state index in [-0.39, 0.29) is 0 Å². The van der Waals surface area contributed by atoms with Gasteiger partial charge in [0.25, 0.3) is 0 Å². The van der Waals surface area contributed by atoms with Crippen molar-refractivity contribution in [3.63, 3.8) is 0 Å². The maximum atomic E-state index is 10.8. The van der Waals surface area contributed by atoms with Crippen LogP contribution in [0.1, 0.15) is 116 Å². The summed E-state index contributed by atoms with van der Waals surface area (Å²) >= 11 is 0. The number of carboxylic acids is 2. The Hall–Kier alpha value is -1.71. The van der Waals surface area contributed by atoms with Crippen LogP contribution in [0.5, 0.6) is 0 Å².